The van der Waals surface area contributed by atoms with Crippen LogP contribution in [0.25, 0.3) is 0 Å². The zero-order valence-electron chi connectivity index (χ0n) is 15.3. The number of quaternary nitrogens is 1. The van der Waals surface area contributed by atoms with Gasteiger partial charge in [0, 0.05) is 5.56 Å². The van der Waals surface area contributed by atoms with Crippen LogP contribution in [0.2, 0.25) is 0 Å². The molecule has 0 amide bonds. The van der Waals surface area contributed by atoms with Crippen molar-refractivity contribution in [3.8, 4) is 0 Å². The van der Waals surface area contributed by atoms with Gasteiger partial charge in [-0.25, -0.2) is 8.78 Å². The monoisotopic (exact) mass is 366 g/mol. The molecule has 0 aliphatic rings. The number of rotatable bonds is 6. The number of halogens is 2. The standard InChI is InChI=1S/C23H21F2NO/c1-26(2)22(23(27)18-6-4-3-5-7-18)21(16-8-12-19(24)13-9-16)17-10-14-20(25)15-11-17/h3-15,21-22H,1-2H3/p+1/t22-/m0/s1. The average Bonchev–Trinajstić information content (AvgIpc) is 2.68. The topological polar surface area (TPSA) is 21.5 Å². The summed E-state index contributed by atoms with van der Waals surface area (Å²) in [6, 6.07) is 21.0. The van der Waals surface area contributed by atoms with Crippen molar-refractivity contribution in [1.82, 2.24) is 0 Å². The highest BCUT2D eigenvalue weighted by atomic mass is 19.1. The van der Waals surface area contributed by atoms with Crippen molar-refractivity contribution < 1.29 is 18.5 Å². The van der Waals surface area contributed by atoms with Gasteiger partial charge in [0.25, 0.3) is 0 Å². The van der Waals surface area contributed by atoms with Crippen molar-refractivity contribution in [2.45, 2.75) is 12.0 Å². The zero-order chi connectivity index (χ0) is 19.4. The van der Waals surface area contributed by atoms with Gasteiger partial charge in [0.1, 0.15) is 11.6 Å². The molecule has 3 aromatic rings. The third kappa shape index (κ3) is 4.29. The summed E-state index contributed by atoms with van der Waals surface area (Å²) >= 11 is 0. The van der Waals surface area contributed by atoms with Crippen LogP contribution < -0.4 is 4.90 Å². The minimum absolute atomic E-state index is 0.00532. The van der Waals surface area contributed by atoms with Crippen molar-refractivity contribution >= 4 is 5.78 Å². The number of benzene rings is 3. The van der Waals surface area contributed by atoms with E-state index in [-0.39, 0.29) is 23.3 Å². The molecular formula is C23H22F2NO+. The fraction of sp³-hybridized carbons (Fsp3) is 0.174. The maximum absolute atomic E-state index is 13.5. The van der Waals surface area contributed by atoms with E-state index >= 15 is 0 Å². The minimum Gasteiger partial charge on any atom is -0.330 e. The number of nitrogens with one attached hydrogen (secondary N) is 1. The van der Waals surface area contributed by atoms with Crippen LogP contribution in [0.1, 0.15) is 27.4 Å². The lowest BCUT2D eigenvalue weighted by Crippen LogP contribution is -3.12. The van der Waals surface area contributed by atoms with Crippen LogP contribution in [0, 0.1) is 11.6 Å². The lowest BCUT2D eigenvalue weighted by atomic mass is 9.81. The van der Waals surface area contributed by atoms with Crippen molar-refractivity contribution in [3.05, 3.63) is 107 Å². The summed E-state index contributed by atoms with van der Waals surface area (Å²) in [5, 5.41) is 0. The fourth-order valence-electron chi connectivity index (χ4n) is 3.45. The van der Waals surface area contributed by atoms with E-state index in [1.807, 2.05) is 32.3 Å². The molecule has 0 aliphatic heterocycles. The molecule has 4 heteroatoms. The maximum atomic E-state index is 13.5. The van der Waals surface area contributed by atoms with E-state index in [4.69, 9.17) is 0 Å². The van der Waals surface area contributed by atoms with Gasteiger partial charge in [-0.2, -0.15) is 0 Å². The van der Waals surface area contributed by atoms with Gasteiger partial charge in [-0.1, -0.05) is 54.6 Å². The summed E-state index contributed by atoms with van der Waals surface area (Å²) in [6.45, 7) is 0. The van der Waals surface area contributed by atoms with E-state index in [1.165, 1.54) is 24.3 Å². The Kier molecular flexibility index (Phi) is 5.77. The molecule has 2 nitrogen and oxygen atoms in total. The third-order valence-electron chi connectivity index (χ3n) is 4.75. The highest BCUT2D eigenvalue weighted by Gasteiger charge is 2.36. The van der Waals surface area contributed by atoms with Gasteiger partial charge in [0.05, 0.1) is 20.0 Å². The van der Waals surface area contributed by atoms with Crippen LogP contribution in [-0.2, 0) is 0 Å². The summed E-state index contributed by atoms with van der Waals surface area (Å²) < 4.78 is 26.9. The SMILES string of the molecule is C[NH+](C)[C@H](C(=O)c1ccccc1)C(c1ccc(F)cc1)c1ccc(F)cc1. The number of carbonyl (C=O) groups excluding carboxylic acids is 1. The lowest BCUT2D eigenvalue weighted by molar-refractivity contribution is -0.876. The molecule has 0 heterocycles. The molecule has 0 saturated heterocycles. The first-order valence-electron chi connectivity index (χ1n) is 8.87. The second kappa shape index (κ2) is 8.23. The second-order valence-corrected chi connectivity index (χ2v) is 6.87. The molecule has 3 aromatic carbocycles. The Hall–Kier alpha value is -2.85. The molecule has 0 saturated carbocycles. The van der Waals surface area contributed by atoms with Crippen LogP contribution in [-0.4, -0.2) is 25.9 Å². The third-order valence-corrected chi connectivity index (χ3v) is 4.75. The smallest absolute Gasteiger partial charge is 0.220 e. The van der Waals surface area contributed by atoms with Crippen molar-refractivity contribution in [2.24, 2.45) is 0 Å². The Morgan fingerprint density at radius 3 is 1.59 bits per heavy atom. The van der Waals surface area contributed by atoms with Crippen molar-refractivity contribution in [3.63, 3.8) is 0 Å². The second-order valence-electron chi connectivity index (χ2n) is 6.87. The van der Waals surface area contributed by atoms with Gasteiger partial charge >= 0.3 is 0 Å². The first-order valence-corrected chi connectivity index (χ1v) is 8.87. The summed E-state index contributed by atoms with van der Waals surface area (Å²) in [5.74, 6) is -1.00. The van der Waals surface area contributed by atoms with Gasteiger partial charge in [-0.3, -0.25) is 4.79 Å². The first kappa shape index (κ1) is 18.9. The van der Waals surface area contributed by atoms with Crippen molar-refractivity contribution in [2.75, 3.05) is 14.1 Å². The fourth-order valence-corrected chi connectivity index (χ4v) is 3.45. The first-order chi connectivity index (χ1) is 13.0. The molecule has 0 fully saturated rings. The molecule has 138 valence electrons. The van der Waals surface area contributed by atoms with E-state index in [1.54, 1.807) is 36.4 Å². The molecule has 0 radical (unpaired) electrons. The van der Waals surface area contributed by atoms with Gasteiger partial charge in [-0.05, 0) is 35.4 Å². The number of hydrogen-bond acceptors (Lipinski definition) is 1. The number of ketones is 1. The van der Waals surface area contributed by atoms with Crippen LogP contribution in [0.5, 0.6) is 0 Å². The number of Topliss-reactive ketones (excluding diaryl/α,β-unsaturated/α-hetero) is 1. The van der Waals surface area contributed by atoms with Crippen LogP contribution in [0.15, 0.2) is 78.9 Å². The van der Waals surface area contributed by atoms with Crippen molar-refractivity contribution in [1.29, 1.82) is 0 Å². The Balaban J connectivity index is 2.12. The Morgan fingerprint density at radius 2 is 1.19 bits per heavy atom. The molecule has 0 unspecified atom stereocenters. The summed E-state index contributed by atoms with van der Waals surface area (Å²) in [5.41, 5.74) is 2.26. The summed E-state index contributed by atoms with van der Waals surface area (Å²) in [6.07, 6.45) is 0. The van der Waals surface area contributed by atoms with Crippen LogP contribution in [0.3, 0.4) is 0 Å². The van der Waals surface area contributed by atoms with E-state index in [0.29, 0.717) is 5.56 Å². The predicted molar refractivity (Wildman–Crippen MR) is 102 cm³/mol. The number of hydrogen-bond donors (Lipinski definition) is 1. The molecule has 1 N–H and O–H groups in total. The maximum Gasteiger partial charge on any atom is 0.220 e. The molecule has 3 rings (SSSR count). The lowest BCUT2D eigenvalue weighted by Gasteiger charge is -2.29. The summed E-state index contributed by atoms with van der Waals surface area (Å²) in [7, 11) is 3.84. The molecule has 0 aromatic heterocycles. The average molecular weight is 366 g/mol. The highest BCUT2D eigenvalue weighted by molar-refractivity contribution is 6.00. The molecule has 27 heavy (non-hydrogen) atoms. The van der Waals surface area contributed by atoms with Gasteiger partial charge in [0.15, 0.2) is 6.04 Å². The minimum atomic E-state index is -0.441. The normalized spacial score (nSPS) is 12.4. The number of likely N-dealkylation sites (N-methyl/N-ethyl adjacent to an activating group) is 1. The quantitative estimate of drug-likeness (QED) is 0.663. The van der Waals surface area contributed by atoms with E-state index in [2.05, 4.69) is 0 Å². The van der Waals surface area contributed by atoms with E-state index < -0.39 is 6.04 Å². The molecule has 0 spiro atoms. The van der Waals surface area contributed by atoms with E-state index in [9.17, 15) is 13.6 Å². The molecule has 0 aliphatic carbocycles. The van der Waals surface area contributed by atoms with Gasteiger partial charge in [0.2, 0.25) is 5.78 Å². The Bertz CT molecular complexity index is 844. The predicted octanol–water partition coefficient (Wildman–Crippen LogP) is 3.49. The Labute approximate surface area is 158 Å². The summed E-state index contributed by atoms with van der Waals surface area (Å²) in [4.78, 5) is 14.3. The van der Waals surface area contributed by atoms with Crippen LogP contribution >= 0.6 is 0 Å². The molecule has 1 atom stereocenters. The van der Waals surface area contributed by atoms with Gasteiger partial charge < -0.3 is 4.90 Å². The Morgan fingerprint density at radius 1 is 0.741 bits per heavy atom. The van der Waals surface area contributed by atoms with E-state index in [0.717, 1.165) is 16.0 Å². The molecule has 0 bridgehead atoms. The van der Waals surface area contributed by atoms with Crippen LogP contribution in [0.4, 0.5) is 8.78 Å². The number of carbonyl (C=O) groups is 1. The molecular weight excluding hydrogens is 344 g/mol. The largest absolute Gasteiger partial charge is 0.330 e. The highest BCUT2D eigenvalue weighted by Crippen LogP contribution is 2.29. The van der Waals surface area contributed by atoms with Gasteiger partial charge in [-0.15, -0.1) is 0 Å². The zero-order valence-corrected chi connectivity index (χ0v) is 15.3.